The fourth-order valence-electron chi connectivity index (χ4n) is 3.27. The van der Waals surface area contributed by atoms with Gasteiger partial charge in [-0.3, -0.25) is 9.48 Å². The third kappa shape index (κ3) is 2.81. The van der Waals surface area contributed by atoms with E-state index in [1.165, 1.54) is 0 Å². The summed E-state index contributed by atoms with van der Waals surface area (Å²) in [5, 5.41) is 8.32. The summed E-state index contributed by atoms with van der Waals surface area (Å²) >= 11 is 0. The summed E-state index contributed by atoms with van der Waals surface area (Å²) in [6.45, 7) is 1.66. The molecule has 3 aromatic rings. The molecular weight excluding hydrogens is 320 g/mol. The minimum atomic E-state index is -0.0739. The first kappa shape index (κ1) is 15.6. The van der Waals surface area contributed by atoms with Gasteiger partial charge in [-0.1, -0.05) is 0 Å². The molecule has 25 heavy (non-hydrogen) atoms. The maximum absolute atomic E-state index is 12.3. The van der Waals surface area contributed by atoms with Crippen LogP contribution in [-0.2, 0) is 14.1 Å². The van der Waals surface area contributed by atoms with Crippen molar-refractivity contribution in [3.8, 4) is 0 Å². The highest BCUT2D eigenvalue weighted by molar-refractivity contribution is 5.92. The molecule has 9 nitrogen and oxygen atoms in total. The quantitative estimate of drug-likeness (QED) is 0.746. The zero-order valence-electron chi connectivity index (χ0n) is 14.3. The van der Waals surface area contributed by atoms with Crippen molar-refractivity contribution in [2.24, 2.45) is 14.1 Å². The van der Waals surface area contributed by atoms with Crippen molar-refractivity contribution >= 4 is 22.8 Å². The number of amides is 1. The van der Waals surface area contributed by atoms with Gasteiger partial charge in [0.15, 0.2) is 5.65 Å². The summed E-state index contributed by atoms with van der Waals surface area (Å²) in [7, 11) is 3.69. The normalized spacial score (nSPS) is 15.7. The van der Waals surface area contributed by atoms with Crippen LogP contribution in [0, 0.1) is 0 Å². The van der Waals surface area contributed by atoms with Crippen LogP contribution >= 0.6 is 0 Å². The predicted octanol–water partition coefficient (Wildman–Crippen LogP) is 0.496. The molecule has 4 heterocycles. The molecule has 0 saturated carbocycles. The van der Waals surface area contributed by atoms with Crippen LogP contribution in [0.2, 0.25) is 0 Å². The smallest absolute Gasteiger partial charge is 0.269 e. The van der Waals surface area contributed by atoms with Gasteiger partial charge in [0.1, 0.15) is 17.8 Å². The molecule has 3 aromatic heterocycles. The van der Waals surface area contributed by atoms with Gasteiger partial charge >= 0.3 is 0 Å². The second-order valence-corrected chi connectivity index (χ2v) is 6.33. The predicted molar refractivity (Wildman–Crippen MR) is 92.2 cm³/mol. The van der Waals surface area contributed by atoms with Crippen molar-refractivity contribution < 1.29 is 4.79 Å². The molecule has 0 aromatic carbocycles. The van der Waals surface area contributed by atoms with Crippen molar-refractivity contribution in [2.45, 2.75) is 18.9 Å². The molecule has 0 aliphatic carbocycles. The van der Waals surface area contributed by atoms with Gasteiger partial charge in [-0.25, -0.2) is 15.0 Å². The molecule has 1 saturated heterocycles. The van der Waals surface area contributed by atoms with Crippen LogP contribution < -0.4 is 10.2 Å². The van der Waals surface area contributed by atoms with Crippen LogP contribution in [0.15, 0.2) is 25.0 Å². The molecule has 130 valence electrons. The number of aryl methyl sites for hydroxylation is 2. The molecule has 0 spiro atoms. The topological polar surface area (TPSA) is 93.8 Å². The van der Waals surface area contributed by atoms with Gasteiger partial charge in [0.05, 0.1) is 24.1 Å². The summed E-state index contributed by atoms with van der Waals surface area (Å²) in [5.74, 6) is 0.838. The highest BCUT2D eigenvalue weighted by atomic mass is 16.2. The van der Waals surface area contributed by atoms with E-state index < -0.39 is 0 Å². The lowest BCUT2D eigenvalue weighted by Gasteiger charge is -2.33. The maximum atomic E-state index is 12.3. The average molecular weight is 340 g/mol. The average Bonchev–Trinajstić information content (AvgIpc) is 3.22. The first-order chi connectivity index (χ1) is 12.1. The lowest BCUT2D eigenvalue weighted by Crippen LogP contribution is -2.45. The lowest BCUT2D eigenvalue weighted by molar-refractivity contribution is 0.0923. The number of hydrogen-bond acceptors (Lipinski definition) is 6. The van der Waals surface area contributed by atoms with Gasteiger partial charge in [-0.2, -0.15) is 5.10 Å². The Labute approximate surface area is 144 Å². The molecular formula is C16H20N8O. The second-order valence-electron chi connectivity index (χ2n) is 6.33. The first-order valence-electron chi connectivity index (χ1n) is 8.28. The van der Waals surface area contributed by atoms with E-state index in [1.54, 1.807) is 34.3 Å². The number of fused-ring (bicyclic) bond motifs is 1. The Morgan fingerprint density at radius 2 is 2.00 bits per heavy atom. The Morgan fingerprint density at radius 3 is 2.72 bits per heavy atom. The van der Waals surface area contributed by atoms with Crippen LogP contribution in [-0.4, -0.2) is 54.3 Å². The molecule has 0 radical (unpaired) electrons. The fourth-order valence-corrected chi connectivity index (χ4v) is 3.27. The minimum absolute atomic E-state index is 0.0739. The number of imidazole rings is 1. The van der Waals surface area contributed by atoms with E-state index in [4.69, 9.17) is 0 Å². The van der Waals surface area contributed by atoms with Gasteiger partial charge in [0, 0.05) is 33.2 Å². The van der Waals surface area contributed by atoms with E-state index in [2.05, 4.69) is 30.3 Å². The Bertz CT molecular complexity index is 906. The summed E-state index contributed by atoms with van der Waals surface area (Å²) in [6, 6.07) is 0.157. The second kappa shape index (κ2) is 6.15. The third-order valence-corrected chi connectivity index (χ3v) is 4.69. The van der Waals surface area contributed by atoms with Gasteiger partial charge in [0.2, 0.25) is 0 Å². The number of hydrogen-bond donors (Lipinski definition) is 1. The Kier molecular flexibility index (Phi) is 3.83. The first-order valence-corrected chi connectivity index (χ1v) is 8.28. The number of anilines is 1. The van der Waals surface area contributed by atoms with E-state index in [0.717, 1.165) is 42.8 Å². The lowest BCUT2D eigenvalue weighted by atomic mass is 10.0. The summed E-state index contributed by atoms with van der Waals surface area (Å²) in [4.78, 5) is 27.3. The van der Waals surface area contributed by atoms with E-state index in [-0.39, 0.29) is 11.9 Å². The monoisotopic (exact) mass is 340 g/mol. The van der Waals surface area contributed by atoms with Crippen LogP contribution in [0.4, 0.5) is 5.82 Å². The van der Waals surface area contributed by atoms with E-state index in [1.807, 2.05) is 14.1 Å². The number of piperidine rings is 1. The Hall–Kier alpha value is -2.97. The van der Waals surface area contributed by atoms with Gasteiger partial charge in [-0.15, -0.1) is 0 Å². The highest BCUT2D eigenvalue weighted by Gasteiger charge is 2.24. The summed E-state index contributed by atoms with van der Waals surface area (Å²) in [5.41, 5.74) is 1.41. The van der Waals surface area contributed by atoms with E-state index >= 15 is 0 Å². The van der Waals surface area contributed by atoms with Crippen molar-refractivity contribution in [1.82, 2.24) is 34.6 Å². The number of carbonyl (C=O) groups is 1. The fraction of sp³-hybridized carbons (Fsp3) is 0.438. The van der Waals surface area contributed by atoms with Crippen molar-refractivity contribution in [3.63, 3.8) is 0 Å². The van der Waals surface area contributed by atoms with E-state index in [0.29, 0.717) is 5.69 Å². The van der Waals surface area contributed by atoms with Crippen molar-refractivity contribution in [1.29, 1.82) is 0 Å². The minimum Gasteiger partial charge on any atom is -0.356 e. The maximum Gasteiger partial charge on any atom is 0.269 e. The summed E-state index contributed by atoms with van der Waals surface area (Å²) in [6.07, 6.45) is 8.34. The number of nitrogens with one attached hydrogen (secondary N) is 1. The molecule has 1 fully saturated rings. The molecule has 1 aliphatic rings. The van der Waals surface area contributed by atoms with Crippen molar-refractivity contribution in [3.05, 3.63) is 30.7 Å². The van der Waals surface area contributed by atoms with Gasteiger partial charge < -0.3 is 14.8 Å². The number of carbonyl (C=O) groups excluding carboxylic acids is 1. The summed E-state index contributed by atoms with van der Waals surface area (Å²) < 4.78 is 3.48. The molecule has 1 aliphatic heterocycles. The van der Waals surface area contributed by atoms with E-state index in [9.17, 15) is 4.79 Å². The standard InChI is InChI=1S/C16H20N8O/c1-22-10-17-8-13(22)16(25)21-11-3-5-24(6-4-11)15-12-7-20-23(2)14(12)18-9-19-15/h7-11H,3-6H2,1-2H3,(H,21,25). The van der Waals surface area contributed by atoms with Crippen LogP contribution in [0.1, 0.15) is 23.3 Å². The zero-order valence-corrected chi connectivity index (χ0v) is 14.3. The van der Waals surface area contributed by atoms with Crippen molar-refractivity contribution in [2.75, 3.05) is 18.0 Å². The van der Waals surface area contributed by atoms with Gasteiger partial charge in [-0.05, 0) is 12.8 Å². The van der Waals surface area contributed by atoms with Crippen LogP contribution in [0.25, 0.3) is 11.0 Å². The number of nitrogens with zero attached hydrogens (tertiary/aromatic N) is 7. The molecule has 4 rings (SSSR count). The third-order valence-electron chi connectivity index (χ3n) is 4.69. The SMILES string of the molecule is Cn1cncc1C(=O)NC1CCN(c2ncnc3c2cnn3C)CC1. The molecule has 0 atom stereocenters. The number of aromatic nitrogens is 6. The largest absolute Gasteiger partial charge is 0.356 e. The molecule has 1 amide bonds. The molecule has 0 unspecified atom stereocenters. The van der Waals surface area contributed by atoms with Crippen LogP contribution in [0.3, 0.4) is 0 Å². The Morgan fingerprint density at radius 1 is 1.20 bits per heavy atom. The van der Waals surface area contributed by atoms with Crippen LogP contribution in [0.5, 0.6) is 0 Å². The molecule has 0 bridgehead atoms. The number of rotatable bonds is 3. The zero-order chi connectivity index (χ0) is 17.4. The molecule has 9 heteroatoms. The van der Waals surface area contributed by atoms with Gasteiger partial charge in [0.25, 0.3) is 5.91 Å². The molecule has 1 N–H and O–H groups in total. The highest BCUT2D eigenvalue weighted by Crippen LogP contribution is 2.25. The Balaban J connectivity index is 1.43.